The van der Waals surface area contributed by atoms with Crippen LogP contribution in [0.5, 0.6) is 0 Å². The number of nitrogens with one attached hydrogen (secondary N) is 1. The summed E-state index contributed by atoms with van der Waals surface area (Å²) in [4.78, 5) is 27.2. The molecule has 0 aliphatic carbocycles. The minimum Gasteiger partial charge on any atom is -0.466 e. The Kier molecular flexibility index (Phi) is 3.68. The first kappa shape index (κ1) is 13.3. The van der Waals surface area contributed by atoms with E-state index in [0.717, 1.165) is 0 Å². The van der Waals surface area contributed by atoms with Crippen molar-refractivity contribution in [3.05, 3.63) is 5.82 Å². The first-order valence-corrected chi connectivity index (χ1v) is 6.03. The number of rotatable bonds is 3. The minimum atomic E-state index is -0.608. The lowest BCUT2D eigenvalue weighted by molar-refractivity contribution is -0.149. The average Bonchev–Trinajstić information content (AvgIpc) is 2.83. The largest absolute Gasteiger partial charge is 0.466 e. The zero-order valence-corrected chi connectivity index (χ0v) is 11.0. The Balaban J connectivity index is 2.23. The normalized spacial score (nSPS) is 21.2. The molecule has 2 atom stereocenters. The molecular weight excluding hydrogens is 252 g/mol. The van der Waals surface area contributed by atoms with E-state index >= 15 is 0 Å². The standard InChI is InChI=1S/C11H16N4O4/c1-4-19-9(16)7-5-12-11-13-8(10(17)18-3)14-15(11)6(7)2/h6-7H,4-5H2,1-3H3,(H,12,13,14). The van der Waals surface area contributed by atoms with Crippen LogP contribution in [0.2, 0.25) is 0 Å². The molecule has 2 heterocycles. The van der Waals surface area contributed by atoms with Crippen molar-refractivity contribution in [2.45, 2.75) is 19.9 Å². The second-order valence-electron chi connectivity index (χ2n) is 4.18. The van der Waals surface area contributed by atoms with E-state index in [1.54, 1.807) is 6.92 Å². The van der Waals surface area contributed by atoms with Gasteiger partial charge in [-0.05, 0) is 13.8 Å². The summed E-state index contributed by atoms with van der Waals surface area (Å²) in [5, 5.41) is 7.02. The number of hydrogen-bond donors (Lipinski definition) is 1. The van der Waals surface area contributed by atoms with E-state index < -0.39 is 5.97 Å². The van der Waals surface area contributed by atoms with Crippen LogP contribution in [0, 0.1) is 5.92 Å². The maximum atomic E-state index is 11.8. The van der Waals surface area contributed by atoms with Gasteiger partial charge in [0.05, 0.1) is 25.7 Å². The fraction of sp³-hybridized carbons (Fsp3) is 0.636. The van der Waals surface area contributed by atoms with E-state index in [0.29, 0.717) is 19.1 Å². The van der Waals surface area contributed by atoms with Gasteiger partial charge in [0.1, 0.15) is 0 Å². The van der Waals surface area contributed by atoms with Crippen molar-refractivity contribution in [2.24, 2.45) is 5.92 Å². The van der Waals surface area contributed by atoms with Crippen LogP contribution < -0.4 is 5.32 Å². The van der Waals surface area contributed by atoms with Crippen molar-refractivity contribution in [1.29, 1.82) is 0 Å². The Bertz CT molecular complexity index is 499. The summed E-state index contributed by atoms with van der Waals surface area (Å²) < 4.78 is 11.1. The molecular formula is C11H16N4O4. The molecule has 0 amide bonds. The van der Waals surface area contributed by atoms with Crippen molar-refractivity contribution in [2.75, 3.05) is 25.6 Å². The number of hydrogen-bond acceptors (Lipinski definition) is 7. The molecule has 1 aromatic rings. The number of nitrogens with zero attached hydrogens (tertiary/aromatic N) is 3. The van der Waals surface area contributed by atoms with E-state index in [-0.39, 0.29) is 23.8 Å². The van der Waals surface area contributed by atoms with Crippen molar-refractivity contribution in [3.8, 4) is 0 Å². The number of carbonyl (C=O) groups is 2. The van der Waals surface area contributed by atoms with Gasteiger partial charge < -0.3 is 14.8 Å². The second kappa shape index (κ2) is 5.25. The Labute approximate surface area is 110 Å². The molecule has 1 aromatic heterocycles. The molecule has 1 N–H and O–H groups in total. The van der Waals surface area contributed by atoms with E-state index in [4.69, 9.17) is 4.74 Å². The SMILES string of the molecule is CCOC(=O)C1CNc2nc(C(=O)OC)nn2C1C. The van der Waals surface area contributed by atoms with Gasteiger partial charge in [0.25, 0.3) is 5.82 Å². The smallest absolute Gasteiger partial charge is 0.378 e. The third-order valence-corrected chi connectivity index (χ3v) is 3.04. The van der Waals surface area contributed by atoms with Gasteiger partial charge in [-0.15, -0.1) is 5.10 Å². The molecule has 2 rings (SSSR count). The Morgan fingerprint density at radius 2 is 2.26 bits per heavy atom. The monoisotopic (exact) mass is 268 g/mol. The fourth-order valence-corrected chi connectivity index (χ4v) is 1.98. The number of esters is 2. The van der Waals surface area contributed by atoms with Gasteiger partial charge in [-0.3, -0.25) is 4.79 Å². The van der Waals surface area contributed by atoms with Crippen molar-refractivity contribution >= 4 is 17.9 Å². The Morgan fingerprint density at radius 3 is 2.89 bits per heavy atom. The summed E-state index contributed by atoms with van der Waals surface area (Å²) in [5.41, 5.74) is 0. The van der Waals surface area contributed by atoms with Gasteiger partial charge in [-0.2, -0.15) is 4.98 Å². The Hall–Kier alpha value is -2.12. The Morgan fingerprint density at radius 1 is 1.53 bits per heavy atom. The zero-order chi connectivity index (χ0) is 14.0. The summed E-state index contributed by atoms with van der Waals surface area (Å²) in [6, 6.07) is -0.235. The van der Waals surface area contributed by atoms with E-state index in [1.807, 2.05) is 6.92 Å². The highest BCUT2D eigenvalue weighted by atomic mass is 16.5. The number of anilines is 1. The van der Waals surface area contributed by atoms with Crippen molar-refractivity contribution in [3.63, 3.8) is 0 Å². The lowest BCUT2D eigenvalue weighted by Crippen LogP contribution is -2.37. The minimum absolute atomic E-state index is 0.0265. The van der Waals surface area contributed by atoms with Crippen LogP contribution in [0.15, 0.2) is 0 Å². The van der Waals surface area contributed by atoms with E-state index in [1.165, 1.54) is 11.8 Å². The lowest BCUT2D eigenvalue weighted by Gasteiger charge is -2.28. The van der Waals surface area contributed by atoms with Crippen LogP contribution in [0.1, 0.15) is 30.5 Å². The molecule has 0 saturated carbocycles. The molecule has 2 unspecified atom stereocenters. The lowest BCUT2D eigenvalue weighted by atomic mass is 10.0. The number of methoxy groups -OCH3 is 1. The van der Waals surface area contributed by atoms with Gasteiger partial charge in [0, 0.05) is 6.54 Å². The molecule has 1 aliphatic heterocycles. The van der Waals surface area contributed by atoms with Crippen molar-refractivity contribution < 1.29 is 19.1 Å². The number of carbonyl (C=O) groups excluding carboxylic acids is 2. The molecule has 0 aromatic carbocycles. The first-order valence-electron chi connectivity index (χ1n) is 6.03. The van der Waals surface area contributed by atoms with Crippen LogP contribution in [-0.4, -0.2) is 47.0 Å². The predicted octanol–water partition coefficient (Wildman–Crippen LogP) is 0.230. The molecule has 104 valence electrons. The zero-order valence-electron chi connectivity index (χ0n) is 11.0. The van der Waals surface area contributed by atoms with Crippen LogP contribution in [-0.2, 0) is 14.3 Å². The maximum absolute atomic E-state index is 11.8. The van der Waals surface area contributed by atoms with Gasteiger partial charge in [0.2, 0.25) is 5.95 Å². The highest BCUT2D eigenvalue weighted by Crippen LogP contribution is 2.27. The molecule has 0 bridgehead atoms. The number of aromatic nitrogens is 3. The summed E-state index contributed by atoms with van der Waals surface area (Å²) in [6.45, 7) is 4.33. The van der Waals surface area contributed by atoms with Crippen LogP contribution in [0.4, 0.5) is 5.95 Å². The topological polar surface area (TPSA) is 95.3 Å². The summed E-state index contributed by atoms with van der Waals surface area (Å²) >= 11 is 0. The number of ether oxygens (including phenoxy) is 2. The fourth-order valence-electron chi connectivity index (χ4n) is 1.98. The van der Waals surface area contributed by atoms with Crippen LogP contribution >= 0.6 is 0 Å². The molecule has 0 saturated heterocycles. The van der Waals surface area contributed by atoms with Gasteiger partial charge >= 0.3 is 11.9 Å². The summed E-state index contributed by atoms with van der Waals surface area (Å²) in [6.07, 6.45) is 0. The second-order valence-corrected chi connectivity index (χ2v) is 4.18. The molecule has 8 nitrogen and oxygen atoms in total. The molecule has 19 heavy (non-hydrogen) atoms. The van der Waals surface area contributed by atoms with E-state index in [9.17, 15) is 9.59 Å². The van der Waals surface area contributed by atoms with Gasteiger partial charge in [-0.25, -0.2) is 9.48 Å². The summed E-state index contributed by atoms with van der Waals surface area (Å²) in [5.74, 6) is -0.832. The third-order valence-electron chi connectivity index (χ3n) is 3.04. The molecule has 1 aliphatic rings. The maximum Gasteiger partial charge on any atom is 0.378 e. The van der Waals surface area contributed by atoms with Crippen molar-refractivity contribution in [1.82, 2.24) is 14.8 Å². The molecule has 0 radical (unpaired) electrons. The highest BCUT2D eigenvalue weighted by molar-refractivity contribution is 5.85. The highest BCUT2D eigenvalue weighted by Gasteiger charge is 2.35. The third kappa shape index (κ3) is 2.38. The van der Waals surface area contributed by atoms with Crippen LogP contribution in [0.3, 0.4) is 0 Å². The van der Waals surface area contributed by atoms with Gasteiger partial charge in [0.15, 0.2) is 0 Å². The van der Waals surface area contributed by atoms with Crippen LogP contribution in [0.25, 0.3) is 0 Å². The van der Waals surface area contributed by atoms with Gasteiger partial charge in [-0.1, -0.05) is 0 Å². The molecule has 8 heteroatoms. The molecule has 0 spiro atoms. The summed E-state index contributed by atoms with van der Waals surface area (Å²) in [7, 11) is 1.26. The van der Waals surface area contributed by atoms with E-state index in [2.05, 4.69) is 20.1 Å². The predicted molar refractivity (Wildman–Crippen MR) is 64.7 cm³/mol. The average molecular weight is 268 g/mol. The molecule has 0 fully saturated rings. The number of fused-ring (bicyclic) bond motifs is 1. The quantitative estimate of drug-likeness (QED) is 0.784. The first-order chi connectivity index (χ1) is 9.08.